The SMILES string of the molecule is CCC1CN(Cc2ccccc2)C(C)CCN1. The first kappa shape index (κ1) is 12.6. The number of nitrogens with zero attached hydrogens (tertiary/aromatic N) is 1. The highest BCUT2D eigenvalue weighted by Gasteiger charge is 2.21. The first-order valence-corrected chi connectivity index (χ1v) is 6.81. The molecule has 2 atom stereocenters. The Hall–Kier alpha value is -0.860. The average Bonchev–Trinajstić information content (AvgIpc) is 2.53. The number of benzene rings is 1. The van der Waals surface area contributed by atoms with Gasteiger partial charge < -0.3 is 5.32 Å². The molecular weight excluding hydrogens is 208 g/mol. The van der Waals surface area contributed by atoms with Crippen LogP contribution in [0.2, 0.25) is 0 Å². The Morgan fingerprint density at radius 2 is 2.06 bits per heavy atom. The van der Waals surface area contributed by atoms with Crippen LogP contribution in [0.3, 0.4) is 0 Å². The van der Waals surface area contributed by atoms with E-state index in [1.165, 1.54) is 24.9 Å². The van der Waals surface area contributed by atoms with E-state index in [4.69, 9.17) is 0 Å². The summed E-state index contributed by atoms with van der Waals surface area (Å²) in [6.45, 7) is 8.04. The molecular formula is C15H24N2. The Labute approximate surface area is 105 Å². The fourth-order valence-electron chi connectivity index (χ4n) is 2.52. The van der Waals surface area contributed by atoms with Crippen molar-refractivity contribution < 1.29 is 0 Å². The summed E-state index contributed by atoms with van der Waals surface area (Å²) in [6.07, 6.45) is 2.47. The molecule has 1 N–H and O–H groups in total. The molecule has 2 heteroatoms. The van der Waals surface area contributed by atoms with Crippen LogP contribution in [0.15, 0.2) is 30.3 Å². The topological polar surface area (TPSA) is 15.3 Å². The van der Waals surface area contributed by atoms with Gasteiger partial charge in [-0.3, -0.25) is 4.90 Å². The van der Waals surface area contributed by atoms with Crippen LogP contribution in [0.25, 0.3) is 0 Å². The van der Waals surface area contributed by atoms with Crippen molar-refractivity contribution in [2.45, 2.75) is 45.3 Å². The quantitative estimate of drug-likeness (QED) is 0.862. The molecule has 17 heavy (non-hydrogen) atoms. The minimum absolute atomic E-state index is 0.656. The molecule has 0 bridgehead atoms. The van der Waals surface area contributed by atoms with E-state index < -0.39 is 0 Å². The summed E-state index contributed by atoms with van der Waals surface area (Å²) in [5.74, 6) is 0. The summed E-state index contributed by atoms with van der Waals surface area (Å²) in [6, 6.07) is 12.1. The van der Waals surface area contributed by atoms with Gasteiger partial charge in [0.05, 0.1) is 0 Å². The van der Waals surface area contributed by atoms with Crippen LogP contribution >= 0.6 is 0 Å². The van der Waals surface area contributed by atoms with Crippen molar-refractivity contribution in [2.75, 3.05) is 13.1 Å². The molecule has 2 unspecified atom stereocenters. The molecule has 1 aliphatic rings. The summed E-state index contributed by atoms with van der Waals surface area (Å²) in [7, 11) is 0. The first-order valence-electron chi connectivity index (χ1n) is 6.81. The zero-order valence-electron chi connectivity index (χ0n) is 11.0. The van der Waals surface area contributed by atoms with Gasteiger partial charge in [0.2, 0.25) is 0 Å². The van der Waals surface area contributed by atoms with Crippen LogP contribution < -0.4 is 5.32 Å². The van der Waals surface area contributed by atoms with Crippen molar-refractivity contribution in [3.63, 3.8) is 0 Å². The molecule has 0 saturated carbocycles. The van der Waals surface area contributed by atoms with Crippen LogP contribution in [0, 0.1) is 0 Å². The molecule has 1 saturated heterocycles. The maximum atomic E-state index is 3.64. The normalized spacial score (nSPS) is 26.7. The molecule has 1 aromatic carbocycles. The molecule has 0 aromatic heterocycles. The Balaban J connectivity index is 2.01. The third kappa shape index (κ3) is 3.55. The molecule has 0 radical (unpaired) electrons. The van der Waals surface area contributed by atoms with Crippen molar-refractivity contribution >= 4 is 0 Å². The van der Waals surface area contributed by atoms with Crippen molar-refractivity contribution in [3.8, 4) is 0 Å². The zero-order valence-corrected chi connectivity index (χ0v) is 11.0. The molecule has 1 aliphatic heterocycles. The van der Waals surface area contributed by atoms with Gasteiger partial charge in [0.25, 0.3) is 0 Å². The third-order valence-corrected chi connectivity index (χ3v) is 3.79. The van der Waals surface area contributed by atoms with E-state index >= 15 is 0 Å². The van der Waals surface area contributed by atoms with Gasteiger partial charge in [0, 0.05) is 25.2 Å². The fraction of sp³-hybridized carbons (Fsp3) is 0.600. The molecule has 1 heterocycles. The van der Waals surface area contributed by atoms with Gasteiger partial charge in [-0.15, -0.1) is 0 Å². The van der Waals surface area contributed by atoms with Gasteiger partial charge in [-0.05, 0) is 31.9 Å². The minimum atomic E-state index is 0.656. The summed E-state index contributed by atoms with van der Waals surface area (Å²) < 4.78 is 0. The van der Waals surface area contributed by atoms with E-state index in [1.54, 1.807) is 0 Å². The van der Waals surface area contributed by atoms with Crippen molar-refractivity contribution in [3.05, 3.63) is 35.9 Å². The second-order valence-electron chi connectivity index (χ2n) is 5.11. The zero-order chi connectivity index (χ0) is 12.1. The molecule has 94 valence electrons. The molecule has 1 aromatic rings. The highest BCUT2D eigenvalue weighted by Crippen LogP contribution is 2.14. The van der Waals surface area contributed by atoms with Crippen LogP contribution in [0.5, 0.6) is 0 Å². The van der Waals surface area contributed by atoms with Crippen LogP contribution in [-0.2, 0) is 6.54 Å². The minimum Gasteiger partial charge on any atom is -0.313 e. The highest BCUT2D eigenvalue weighted by atomic mass is 15.2. The third-order valence-electron chi connectivity index (χ3n) is 3.79. The molecule has 2 nitrogen and oxygen atoms in total. The van der Waals surface area contributed by atoms with Crippen molar-refractivity contribution in [2.24, 2.45) is 0 Å². The molecule has 1 fully saturated rings. The maximum absolute atomic E-state index is 3.64. The highest BCUT2D eigenvalue weighted by molar-refractivity contribution is 5.14. The lowest BCUT2D eigenvalue weighted by atomic mass is 10.1. The average molecular weight is 232 g/mol. The number of hydrogen-bond acceptors (Lipinski definition) is 2. The second kappa shape index (κ2) is 6.18. The monoisotopic (exact) mass is 232 g/mol. The smallest absolute Gasteiger partial charge is 0.0237 e. The van der Waals surface area contributed by atoms with Crippen molar-refractivity contribution in [1.29, 1.82) is 0 Å². The van der Waals surface area contributed by atoms with E-state index in [0.29, 0.717) is 12.1 Å². The number of rotatable bonds is 3. The lowest BCUT2D eigenvalue weighted by Crippen LogP contribution is -2.39. The maximum Gasteiger partial charge on any atom is 0.0237 e. The summed E-state index contributed by atoms with van der Waals surface area (Å²) in [5.41, 5.74) is 1.43. The summed E-state index contributed by atoms with van der Waals surface area (Å²) >= 11 is 0. The van der Waals surface area contributed by atoms with Crippen LogP contribution in [-0.4, -0.2) is 30.1 Å². The van der Waals surface area contributed by atoms with Gasteiger partial charge >= 0.3 is 0 Å². The first-order chi connectivity index (χ1) is 8.29. The lowest BCUT2D eigenvalue weighted by Gasteiger charge is -2.28. The summed E-state index contributed by atoms with van der Waals surface area (Å²) in [4.78, 5) is 2.61. The fourth-order valence-corrected chi connectivity index (χ4v) is 2.52. The molecule has 0 aliphatic carbocycles. The Morgan fingerprint density at radius 3 is 2.76 bits per heavy atom. The predicted octanol–water partition coefficient (Wildman–Crippen LogP) is 2.65. The predicted molar refractivity (Wildman–Crippen MR) is 73.0 cm³/mol. The van der Waals surface area contributed by atoms with E-state index in [1.807, 2.05) is 0 Å². The Bertz CT molecular complexity index is 323. The molecule has 0 amide bonds. The number of hydrogen-bond donors (Lipinski definition) is 1. The summed E-state index contributed by atoms with van der Waals surface area (Å²) in [5, 5.41) is 3.64. The Kier molecular flexibility index (Phi) is 4.57. The second-order valence-corrected chi connectivity index (χ2v) is 5.11. The van der Waals surface area contributed by atoms with E-state index in [0.717, 1.165) is 13.1 Å². The van der Waals surface area contributed by atoms with Gasteiger partial charge in [-0.25, -0.2) is 0 Å². The van der Waals surface area contributed by atoms with E-state index in [9.17, 15) is 0 Å². The van der Waals surface area contributed by atoms with Crippen molar-refractivity contribution in [1.82, 2.24) is 10.2 Å². The van der Waals surface area contributed by atoms with Crippen LogP contribution in [0.1, 0.15) is 32.3 Å². The Morgan fingerprint density at radius 1 is 1.29 bits per heavy atom. The van der Waals surface area contributed by atoms with Gasteiger partial charge in [-0.2, -0.15) is 0 Å². The van der Waals surface area contributed by atoms with Gasteiger partial charge in [-0.1, -0.05) is 37.3 Å². The standard InChI is InChI=1S/C15H24N2/c1-3-15-12-17(13(2)9-10-16-15)11-14-7-5-4-6-8-14/h4-8,13,15-16H,3,9-12H2,1-2H3. The molecule has 0 spiro atoms. The largest absolute Gasteiger partial charge is 0.313 e. The van der Waals surface area contributed by atoms with E-state index in [-0.39, 0.29) is 0 Å². The van der Waals surface area contributed by atoms with Gasteiger partial charge in [0.15, 0.2) is 0 Å². The van der Waals surface area contributed by atoms with Crippen LogP contribution in [0.4, 0.5) is 0 Å². The molecule has 2 rings (SSSR count). The lowest BCUT2D eigenvalue weighted by molar-refractivity contribution is 0.194. The number of nitrogens with one attached hydrogen (secondary N) is 1. The van der Waals surface area contributed by atoms with Gasteiger partial charge in [0.1, 0.15) is 0 Å². The van der Waals surface area contributed by atoms with E-state index in [2.05, 4.69) is 54.4 Å².